The third kappa shape index (κ3) is 5.44. The third-order valence-corrected chi connectivity index (χ3v) is 3.42. The van der Waals surface area contributed by atoms with Crippen molar-refractivity contribution in [3.05, 3.63) is 23.2 Å². The molecule has 0 aliphatic carbocycles. The molecule has 1 N–H and O–H groups in total. The van der Waals surface area contributed by atoms with Gasteiger partial charge in [0, 0.05) is 25.2 Å². The minimum Gasteiger partial charge on any atom is -0.497 e. The summed E-state index contributed by atoms with van der Waals surface area (Å²) in [5, 5.41) is 3.33. The summed E-state index contributed by atoms with van der Waals surface area (Å²) in [4.78, 5) is 16.2. The number of rotatable bonds is 6. The quantitative estimate of drug-likeness (QED) is 0.877. The van der Waals surface area contributed by atoms with Gasteiger partial charge >= 0.3 is 6.03 Å². The molecule has 0 aromatic heterocycles. The Kier molecular flexibility index (Phi) is 6.78. The van der Waals surface area contributed by atoms with Gasteiger partial charge in [0.05, 0.1) is 17.8 Å². The fourth-order valence-electron chi connectivity index (χ4n) is 1.82. The molecule has 0 spiro atoms. The Balaban J connectivity index is 2.81. The summed E-state index contributed by atoms with van der Waals surface area (Å²) in [5.74, 6) is 0.652. The highest BCUT2D eigenvalue weighted by Crippen LogP contribution is 2.27. The Morgan fingerprint density at radius 1 is 1.33 bits per heavy atom. The van der Waals surface area contributed by atoms with Crippen LogP contribution >= 0.6 is 11.6 Å². The predicted molar refractivity (Wildman–Crippen MR) is 87.4 cm³/mol. The number of benzene rings is 1. The lowest BCUT2D eigenvalue weighted by atomic mass is 10.3. The van der Waals surface area contributed by atoms with Crippen molar-refractivity contribution in [3.8, 4) is 5.75 Å². The molecule has 1 rings (SSSR count). The van der Waals surface area contributed by atoms with Crippen molar-refractivity contribution in [2.75, 3.05) is 39.6 Å². The summed E-state index contributed by atoms with van der Waals surface area (Å²) in [6.07, 6.45) is 0. The van der Waals surface area contributed by atoms with Crippen LogP contribution in [0.15, 0.2) is 18.2 Å². The Morgan fingerprint density at radius 3 is 2.52 bits per heavy atom. The molecule has 6 heteroatoms. The van der Waals surface area contributed by atoms with Gasteiger partial charge in [-0.15, -0.1) is 0 Å². The Bertz CT molecular complexity index is 478. The Hall–Kier alpha value is -1.46. The molecule has 0 radical (unpaired) electrons. The SMILES string of the molecule is COc1ccc(Cl)c(NC(=O)N(CCN(C)C)C(C)C)c1. The molecule has 0 atom stereocenters. The van der Waals surface area contributed by atoms with Crippen molar-refractivity contribution < 1.29 is 9.53 Å². The lowest BCUT2D eigenvalue weighted by Crippen LogP contribution is -2.43. The van der Waals surface area contributed by atoms with E-state index in [0.717, 1.165) is 6.54 Å². The summed E-state index contributed by atoms with van der Waals surface area (Å²) < 4.78 is 5.15. The molecule has 0 heterocycles. The number of methoxy groups -OCH3 is 1. The predicted octanol–water partition coefficient (Wildman–Crippen LogP) is 3.15. The van der Waals surface area contributed by atoms with E-state index in [2.05, 4.69) is 5.32 Å². The number of carbonyl (C=O) groups excluding carboxylic acids is 1. The van der Waals surface area contributed by atoms with Crippen LogP contribution in [0.25, 0.3) is 0 Å². The number of hydrogen-bond acceptors (Lipinski definition) is 3. The Morgan fingerprint density at radius 2 is 2.00 bits per heavy atom. The fourth-order valence-corrected chi connectivity index (χ4v) is 1.98. The van der Waals surface area contributed by atoms with E-state index in [4.69, 9.17) is 16.3 Å². The van der Waals surface area contributed by atoms with E-state index < -0.39 is 0 Å². The maximum absolute atomic E-state index is 12.4. The van der Waals surface area contributed by atoms with E-state index in [1.54, 1.807) is 30.2 Å². The van der Waals surface area contributed by atoms with Gasteiger partial charge in [0.25, 0.3) is 0 Å². The van der Waals surface area contributed by atoms with Crippen molar-refractivity contribution in [1.29, 1.82) is 0 Å². The fraction of sp³-hybridized carbons (Fsp3) is 0.533. The van der Waals surface area contributed by atoms with Crippen LogP contribution in [-0.2, 0) is 0 Å². The van der Waals surface area contributed by atoms with E-state index in [1.807, 2.05) is 32.8 Å². The number of nitrogens with zero attached hydrogens (tertiary/aromatic N) is 2. The topological polar surface area (TPSA) is 44.8 Å². The molecule has 118 valence electrons. The molecule has 1 aromatic rings. The van der Waals surface area contributed by atoms with Crippen LogP contribution in [0.3, 0.4) is 0 Å². The van der Waals surface area contributed by atoms with Crippen LogP contribution < -0.4 is 10.1 Å². The van der Waals surface area contributed by atoms with Gasteiger partial charge in [-0.2, -0.15) is 0 Å². The highest BCUT2D eigenvalue weighted by atomic mass is 35.5. The van der Waals surface area contributed by atoms with Crippen molar-refractivity contribution in [3.63, 3.8) is 0 Å². The molecule has 0 aliphatic heterocycles. The first-order valence-corrected chi connectivity index (χ1v) is 7.28. The molecule has 0 unspecified atom stereocenters. The van der Waals surface area contributed by atoms with Crippen LogP contribution in [0, 0.1) is 0 Å². The number of nitrogens with one attached hydrogen (secondary N) is 1. The first-order chi connectivity index (χ1) is 9.85. The first kappa shape index (κ1) is 17.6. The molecule has 0 saturated heterocycles. The summed E-state index contributed by atoms with van der Waals surface area (Å²) in [6.45, 7) is 5.43. The second kappa shape index (κ2) is 8.10. The van der Waals surface area contributed by atoms with E-state index in [1.165, 1.54) is 0 Å². The van der Waals surface area contributed by atoms with Gasteiger partial charge in [-0.05, 0) is 40.1 Å². The minimum atomic E-state index is -0.165. The molecule has 0 bridgehead atoms. The van der Waals surface area contributed by atoms with Crippen LogP contribution in [0.1, 0.15) is 13.8 Å². The van der Waals surface area contributed by atoms with Gasteiger partial charge in [-0.3, -0.25) is 0 Å². The number of anilines is 1. The van der Waals surface area contributed by atoms with Crippen molar-refractivity contribution in [2.24, 2.45) is 0 Å². The smallest absolute Gasteiger partial charge is 0.322 e. The monoisotopic (exact) mass is 313 g/mol. The third-order valence-electron chi connectivity index (χ3n) is 3.09. The standard InChI is InChI=1S/C15H24ClN3O2/c1-11(2)19(9-8-18(3)4)15(20)17-14-10-12(21-5)6-7-13(14)16/h6-7,10-11H,8-9H2,1-5H3,(H,17,20). The van der Waals surface area contributed by atoms with Gasteiger partial charge in [0.2, 0.25) is 0 Å². The van der Waals surface area contributed by atoms with Gasteiger partial charge in [-0.1, -0.05) is 11.6 Å². The largest absolute Gasteiger partial charge is 0.497 e. The number of likely N-dealkylation sites (N-methyl/N-ethyl adjacent to an activating group) is 1. The van der Waals surface area contributed by atoms with Crippen LogP contribution in [0.5, 0.6) is 5.75 Å². The average molecular weight is 314 g/mol. The van der Waals surface area contributed by atoms with E-state index in [-0.39, 0.29) is 12.1 Å². The second-order valence-corrected chi connectivity index (χ2v) is 5.77. The van der Waals surface area contributed by atoms with Crippen LogP contribution in [0.4, 0.5) is 10.5 Å². The minimum absolute atomic E-state index is 0.106. The number of amides is 2. The highest BCUT2D eigenvalue weighted by Gasteiger charge is 2.18. The number of urea groups is 1. The van der Waals surface area contributed by atoms with Crippen molar-refractivity contribution in [2.45, 2.75) is 19.9 Å². The van der Waals surface area contributed by atoms with Gasteiger partial charge in [0.1, 0.15) is 5.75 Å². The summed E-state index contributed by atoms with van der Waals surface area (Å²) in [5.41, 5.74) is 0.552. The van der Waals surface area contributed by atoms with Crippen molar-refractivity contribution in [1.82, 2.24) is 9.80 Å². The molecular formula is C15H24ClN3O2. The van der Waals surface area contributed by atoms with Crippen LogP contribution in [0.2, 0.25) is 5.02 Å². The number of hydrogen-bond donors (Lipinski definition) is 1. The number of halogens is 1. The van der Waals surface area contributed by atoms with E-state index in [9.17, 15) is 4.79 Å². The number of ether oxygens (including phenoxy) is 1. The van der Waals surface area contributed by atoms with Crippen molar-refractivity contribution >= 4 is 23.3 Å². The molecule has 5 nitrogen and oxygen atoms in total. The number of carbonyl (C=O) groups is 1. The zero-order chi connectivity index (χ0) is 16.0. The summed E-state index contributed by atoms with van der Waals surface area (Å²) >= 11 is 6.11. The Labute approximate surface area is 131 Å². The summed E-state index contributed by atoms with van der Waals surface area (Å²) in [7, 11) is 5.54. The normalized spacial score (nSPS) is 10.9. The molecule has 2 amide bonds. The molecular weight excluding hydrogens is 290 g/mol. The lowest BCUT2D eigenvalue weighted by Gasteiger charge is -2.28. The van der Waals surface area contributed by atoms with E-state index >= 15 is 0 Å². The van der Waals surface area contributed by atoms with Gasteiger partial charge in [-0.25, -0.2) is 4.79 Å². The molecule has 21 heavy (non-hydrogen) atoms. The lowest BCUT2D eigenvalue weighted by molar-refractivity contribution is 0.189. The zero-order valence-corrected chi connectivity index (χ0v) is 14.1. The first-order valence-electron chi connectivity index (χ1n) is 6.91. The molecule has 0 fully saturated rings. The summed E-state index contributed by atoms with van der Waals surface area (Å²) in [6, 6.07) is 5.11. The highest BCUT2D eigenvalue weighted by molar-refractivity contribution is 6.33. The van der Waals surface area contributed by atoms with E-state index in [0.29, 0.717) is 23.0 Å². The average Bonchev–Trinajstić information content (AvgIpc) is 2.40. The van der Waals surface area contributed by atoms with Gasteiger partial charge < -0.3 is 19.9 Å². The van der Waals surface area contributed by atoms with Gasteiger partial charge in [0.15, 0.2) is 0 Å². The zero-order valence-electron chi connectivity index (χ0n) is 13.3. The maximum atomic E-state index is 12.4. The molecule has 1 aromatic carbocycles. The maximum Gasteiger partial charge on any atom is 0.322 e. The molecule has 0 aliphatic rings. The van der Waals surface area contributed by atoms with Crippen LogP contribution in [-0.4, -0.2) is 56.2 Å². The second-order valence-electron chi connectivity index (χ2n) is 5.37. The molecule has 0 saturated carbocycles.